The first-order valence-corrected chi connectivity index (χ1v) is 23.0. The van der Waals surface area contributed by atoms with Crippen molar-refractivity contribution in [3.63, 3.8) is 0 Å². The van der Waals surface area contributed by atoms with Crippen molar-refractivity contribution in [2.75, 3.05) is 19.8 Å². The molecule has 0 saturated heterocycles. The zero-order chi connectivity index (χ0) is 42.1. The van der Waals surface area contributed by atoms with E-state index in [9.17, 15) is 23.8 Å². The molecule has 0 amide bonds. The molecule has 0 spiro atoms. The number of rotatable bonds is 39. The number of carboxylic acids is 1. The predicted octanol–water partition coefficient (Wildman–Crippen LogP) is 11.3. The van der Waals surface area contributed by atoms with Crippen molar-refractivity contribution in [1.82, 2.24) is 0 Å². The fourth-order valence-corrected chi connectivity index (χ4v) is 6.10. The van der Waals surface area contributed by atoms with Crippen LogP contribution in [-0.4, -0.2) is 59.9 Å². The van der Waals surface area contributed by atoms with Gasteiger partial charge < -0.3 is 25.2 Å². The molecule has 0 aliphatic heterocycles. The van der Waals surface area contributed by atoms with E-state index in [4.69, 9.17) is 24.8 Å². The number of carboxylic acid groups (broad SMARTS) is 1. The third-order valence-electron chi connectivity index (χ3n) is 8.69. The minimum atomic E-state index is -4.73. The highest BCUT2D eigenvalue weighted by Crippen LogP contribution is 2.43. The Bertz CT molecular complexity index is 1240. The van der Waals surface area contributed by atoms with Gasteiger partial charge >= 0.3 is 25.7 Å². The standard InChI is InChI=1S/C45H76NO10P/c1-3-5-7-9-11-13-15-17-19-20-21-23-24-26-28-30-32-34-36-43(47)53-38-41(39-54-57(51,52)55-40-42(46)45(49)50)56-44(48)37-35-33-31-29-27-25-22-18-16-14-12-10-8-6-4-2/h6,8,12-15,18-20,22,27,29,41-42H,3-5,7,9-11,16-17,21,23-26,28,30-40,46H2,1-2H3,(H,49,50)(H,51,52)/b8-6-,14-12-,15-13-,20-19-,22-18-,29-27-. The SMILES string of the molecule is CC/C=C\C/C=C\C/C=C\C/C=C\CCCCC(=O)OC(COC(=O)CCCCCCCCC/C=C\C/C=C\CCCCCC)COP(=O)(O)OCC(N)C(=O)O. The zero-order valence-electron chi connectivity index (χ0n) is 35.2. The molecule has 0 bridgehead atoms. The van der Waals surface area contributed by atoms with Crippen LogP contribution in [0.5, 0.6) is 0 Å². The van der Waals surface area contributed by atoms with Gasteiger partial charge in [-0.05, 0) is 83.5 Å². The smallest absolute Gasteiger partial charge is 0.472 e. The molecule has 0 aliphatic rings. The molecule has 57 heavy (non-hydrogen) atoms. The lowest BCUT2D eigenvalue weighted by molar-refractivity contribution is -0.161. The highest BCUT2D eigenvalue weighted by molar-refractivity contribution is 7.47. The average molecular weight is 822 g/mol. The van der Waals surface area contributed by atoms with Crippen LogP contribution in [0, 0.1) is 0 Å². The van der Waals surface area contributed by atoms with E-state index >= 15 is 0 Å². The van der Waals surface area contributed by atoms with E-state index in [2.05, 4.69) is 91.3 Å². The van der Waals surface area contributed by atoms with Gasteiger partial charge in [0.1, 0.15) is 12.6 Å². The molecule has 11 nitrogen and oxygen atoms in total. The van der Waals surface area contributed by atoms with Crippen LogP contribution in [0.1, 0.15) is 162 Å². The summed E-state index contributed by atoms with van der Waals surface area (Å²) < 4.78 is 32.6. The molecule has 0 saturated carbocycles. The molecule has 3 atom stereocenters. The molecule has 4 N–H and O–H groups in total. The first-order valence-electron chi connectivity index (χ1n) is 21.5. The Balaban J connectivity index is 4.45. The Labute approximate surface area is 344 Å². The summed E-state index contributed by atoms with van der Waals surface area (Å²) in [5.74, 6) is -2.45. The van der Waals surface area contributed by atoms with Gasteiger partial charge in [0.15, 0.2) is 6.10 Å². The fourth-order valence-electron chi connectivity index (χ4n) is 5.32. The molecule has 0 rings (SSSR count). The zero-order valence-corrected chi connectivity index (χ0v) is 36.0. The van der Waals surface area contributed by atoms with Crippen LogP contribution in [0.2, 0.25) is 0 Å². The Hall–Kier alpha value is -3.08. The Kier molecular flexibility index (Phi) is 37.6. The van der Waals surface area contributed by atoms with E-state index in [1.165, 1.54) is 44.9 Å². The Morgan fingerprint density at radius 1 is 0.561 bits per heavy atom. The van der Waals surface area contributed by atoms with Gasteiger partial charge in [0.25, 0.3) is 0 Å². The number of hydrogen-bond donors (Lipinski definition) is 3. The third-order valence-corrected chi connectivity index (χ3v) is 9.64. The van der Waals surface area contributed by atoms with Crippen LogP contribution in [0.25, 0.3) is 0 Å². The number of unbranched alkanes of at least 4 members (excludes halogenated alkanes) is 13. The monoisotopic (exact) mass is 822 g/mol. The van der Waals surface area contributed by atoms with Gasteiger partial charge in [-0.25, -0.2) is 4.57 Å². The molecular formula is C45H76NO10P. The summed E-state index contributed by atoms with van der Waals surface area (Å²) in [6.45, 7) is 2.61. The molecule has 3 unspecified atom stereocenters. The minimum Gasteiger partial charge on any atom is -0.480 e. The van der Waals surface area contributed by atoms with Crippen LogP contribution in [0.15, 0.2) is 72.9 Å². The second-order valence-corrected chi connectivity index (χ2v) is 15.5. The minimum absolute atomic E-state index is 0.103. The predicted molar refractivity (Wildman–Crippen MR) is 231 cm³/mol. The maximum atomic E-state index is 12.6. The highest BCUT2D eigenvalue weighted by atomic mass is 31.2. The first kappa shape index (κ1) is 53.9. The maximum Gasteiger partial charge on any atom is 0.472 e. The normalized spacial score (nSPS) is 14.5. The van der Waals surface area contributed by atoms with E-state index in [1.807, 2.05) is 0 Å². The van der Waals surface area contributed by atoms with Gasteiger partial charge in [0.2, 0.25) is 0 Å². The number of allylic oxidation sites excluding steroid dienone is 12. The van der Waals surface area contributed by atoms with Crippen molar-refractivity contribution in [1.29, 1.82) is 0 Å². The number of ether oxygens (including phenoxy) is 2. The largest absolute Gasteiger partial charge is 0.480 e. The van der Waals surface area contributed by atoms with Gasteiger partial charge in [-0.15, -0.1) is 0 Å². The first-order chi connectivity index (χ1) is 27.6. The maximum absolute atomic E-state index is 12.6. The Morgan fingerprint density at radius 2 is 0.982 bits per heavy atom. The molecule has 0 aliphatic carbocycles. The summed E-state index contributed by atoms with van der Waals surface area (Å²) in [6.07, 6.45) is 46.8. The van der Waals surface area contributed by atoms with Gasteiger partial charge in [-0.2, -0.15) is 0 Å². The average Bonchev–Trinajstić information content (AvgIpc) is 3.19. The van der Waals surface area contributed by atoms with Crippen LogP contribution >= 0.6 is 7.82 Å². The third kappa shape index (κ3) is 39.5. The summed E-state index contributed by atoms with van der Waals surface area (Å²) in [5, 5.41) is 8.88. The molecule has 0 aromatic rings. The summed E-state index contributed by atoms with van der Waals surface area (Å²) in [5.41, 5.74) is 5.33. The van der Waals surface area contributed by atoms with Crippen molar-refractivity contribution >= 4 is 25.7 Å². The lowest BCUT2D eigenvalue weighted by atomic mass is 10.1. The van der Waals surface area contributed by atoms with Crippen molar-refractivity contribution < 1.29 is 47.5 Å². The van der Waals surface area contributed by atoms with Gasteiger partial charge in [0, 0.05) is 12.8 Å². The number of carbonyl (C=O) groups is 3. The fraction of sp³-hybridized carbons (Fsp3) is 0.667. The number of esters is 2. The van der Waals surface area contributed by atoms with Gasteiger partial charge in [-0.3, -0.25) is 23.4 Å². The van der Waals surface area contributed by atoms with Gasteiger partial charge in [-0.1, -0.05) is 138 Å². The summed E-state index contributed by atoms with van der Waals surface area (Å²) in [6, 6.07) is -1.53. The van der Waals surface area contributed by atoms with Crippen LogP contribution in [0.4, 0.5) is 0 Å². The van der Waals surface area contributed by atoms with E-state index < -0.39 is 51.1 Å². The van der Waals surface area contributed by atoms with E-state index in [-0.39, 0.29) is 19.4 Å². The van der Waals surface area contributed by atoms with Crippen molar-refractivity contribution in [2.24, 2.45) is 5.73 Å². The summed E-state index contributed by atoms with van der Waals surface area (Å²) in [7, 11) is -4.73. The number of phosphoric ester groups is 1. The molecule has 12 heteroatoms. The Morgan fingerprint density at radius 3 is 1.51 bits per heavy atom. The van der Waals surface area contributed by atoms with Crippen LogP contribution in [-0.2, 0) is 37.5 Å². The van der Waals surface area contributed by atoms with Crippen molar-refractivity contribution in [3.05, 3.63) is 72.9 Å². The van der Waals surface area contributed by atoms with E-state index in [0.29, 0.717) is 12.8 Å². The quantitative estimate of drug-likeness (QED) is 0.0233. The number of hydrogen-bond acceptors (Lipinski definition) is 9. The van der Waals surface area contributed by atoms with Crippen molar-refractivity contribution in [2.45, 2.75) is 174 Å². The molecule has 0 heterocycles. The van der Waals surface area contributed by atoms with E-state index in [0.717, 1.165) is 77.0 Å². The highest BCUT2D eigenvalue weighted by Gasteiger charge is 2.28. The van der Waals surface area contributed by atoms with Crippen LogP contribution < -0.4 is 5.73 Å². The molecule has 0 fully saturated rings. The number of aliphatic carboxylic acids is 1. The number of nitrogens with two attached hydrogens (primary N) is 1. The lowest BCUT2D eigenvalue weighted by Gasteiger charge is -2.20. The summed E-state index contributed by atoms with van der Waals surface area (Å²) in [4.78, 5) is 45.9. The summed E-state index contributed by atoms with van der Waals surface area (Å²) >= 11 is 0. The second-order valence-electron chi connectivity index (χ2n) is 14.1. The molecule has 0 aromatic carbocycles. The second kappa shape index (κ2) is 39.7. The molecule has 0 aromatic heterocycles. The van der Waals surface area contributed by atoms with Gasteiger partial charge in [0.05, 0.1) is 13.2 Å². The van der Waals surface area contributed by atoms with E-state index in [1.54, 1.807) is 0 Å². The lowest BCUT2D eigenvalue weighted by Crippen LogP contribution is -2.34. The number of phosphoric acid groups is 1. The van der Waals surface area contributed by atoms with Crippen molar-refractivity contribution in [3.8, 4) is 0 Å². The molecular weight excluding hydrogens is 745 g/mol. The number of carbonyl (C=O) groups excluding carboxylic acids is 2. The molecule has 0 radical (unpaired) electrons. The topological polar surface area (TPSA) is 172 Å². The van der Waals surface area contributed by atoms with Crippen LogP contribution in [0.3, 0.4) is 0 Å². The molecule has 326 valence electrons.